The van der Waals surface area contributed by atoms with Crippen molar-refractivity contribution >= 4 is 23.6 Å². The zero-order chi connectivity index (χ0) is 9.42. The van der Waals surface area contributed by atoms with Gasteiger partial charge in [-0.05, 0) is 28.7 Å². The number of benzene rings is 1. The van der Waals surface area contributed by atoms with Gasteiger partial charge in [0.1, 0.15) is 0 Å². The first-order valence-corrected chi connectivity index (χ1v) is 3.69. The molecule has 4 nitrogen and oxygen atoms in total. The second-order valence-electron chi connectivity index (χ2n) is 2.76. The lowest BCUT2D eigenvalue weighted by molar-refractivity contribution is -0.385. The topological polar surface area (TPSA) is 60.2 Å². The highest BCUT2D eigenvalue weighted by atomic mass is 16.6. The number of Topliss-reactive ketones (excluding diaryl/α,β-unsaturated/α-hetero) is 1. The first kappa shape index (κ1) is 7.67. The molecule has 0 saturated heterocycles. The maximum atomic E-state index is 10.9. The molecule has 0 radical (unpaired) electrons. The van der Waals surface area contributed by atoms with E-state index in [1.54, 1.807) is 6.07 Å². The number of non-ortho nitro benzene ring substituents is 1. The minimum atomic E-state index is -0.475. The average molecular weight is 175 g/mol. The van der Waals surface area contributed by atoms with Crippen molar-refractivity contribution in [2.45, 2.75) is 0 Å². The van der Waals surface area contributed by atoms with Crippen LogP contribution in [-0.4, -0.2) is 10.7 Å². The van der Waals surface area contributed by atoms with Crippen LogP contribution in [-0.2, 0) is 4.79 Å². The van der Waals surface area contributed by atoms with E-state index in [2.05, 4.69) is 0 Å². The molecule has 0 saturated carbocycles. The minimum Gasteiger partial charge on any atom is -0.290 e. The van der Waals surface area contributed by atoms with Gasteiger partial charge in [-0.3, -0.25) is 14.9 Å². The molecule has 0 unspecified atom stereocenters. The zero-order valence-corrected chi connectivity index (χ0v) is 6.56. The molecule has 0 fully saturated rings. The van der Waals surface area contributed by atoms with Gasteiger partial charge in [0, 0.05) is 12.1 Å². The maximum Gasteiger partial charge on any atom is 0.270 e. The van der Waals surface area contributed by atoms with Gasteiger partial charge in [-0.1, -0.05) is 0 Å². The van der Waals surface area contributed by atoms with E-state index in [9.17, 15) is 14.9 Å². The molecule has 0 bridgehead atoms. The Hall–Kier alpha value is -1.97. The third-order valence-corrected chi connectivity index (χ3v) is 1.88. The molecule has 0 heterocycles. The van der Waals surface area contributed by atoms with E-state index in [0.29, 0.717) is 5.22 Å². The van der Waals surface area contributed by atoms with Gasteiger partial charge in [-0.15, -0.1) is 0 Å². The summed E-state index contributed by atoms with van der Waals surface area (Å²) in [5.74, 6) is -0.115. The van der Waals surface area contributed by atoms with Crippen molar-refractivity contribution in [2.24, 2.45) is 0 Å². The number of carbonyl (C=O) groups is 1. The molecule has 1 aliphatic carbocycles. The largest absolute Gasteiger partial charge is 0.290 e. The lowest BCUT2D eigenvalue weighted by Crippen LogP contribution is -2.20. The summed E-state index contributed by atoms with van der Waals surface area (Å²) in [6, 6.07) is 4.37. The molecule has 0 aromatic heterocycles. The van der Waals surface area contributed by atoms with Crippen LogP contribution in [0.1, 0.15) is 0 Å². The fraction of sp³-hybridized carbons (Fsp3) is 0. The standard InChI is InChI=1S/C9H5NO3/c11-9-4-6-1-2-8(10(12)13)3-7(6)5-9/h1-5H. The molecule has 0 aliphatic heterocycles. The van der Waals surface area contributed by atoms with Crippen molar-refractivity contribution in [2.75, 3.05) is 0 Å². The quantitative estimate of drug-likeness (QED) is 0.436. The van der Waals surface area contributed by atoms with Crippen molar-refractivity contribution in [1.29, 1.82) is 0 Å². The number of nitro groups is 1. The molecule has 13 heavy (non-hydrogen) atoms. The second-order valence-corrected chi connectivity index (χ2v) is 2.76. The Bertz CT molecular complexity index is 516. The summed E-state index contributed by atoms with van der Waals surface area (Å²) >= 11 is 0. The number of fused-ring (bicyclic) bond motifs is 1. The molecule has 2 rings (SSSR count). The Morgan fingerprint density at radius 1 is 1.15 bits per heavy atom. The van der Waals surface area contributed by atoms with Crippen molar-refractivity contribution < 1.29 is 9.72 Å². The molecule has 0 N–H and O–H groups in total. The fourth-order valence-electron chi connectivity index (χ4n) is 1.28. The smallest absolute Gasteiger partial charge is 0.270 e. The molecular formula is C9H5NO3. The van der Waals surface area contributed by atoms with E-state index in [4.69, 9.17) is 0 Å². The van der Waals surface area contributed by atoms with Crippen LogP contribution in [0.3, 0.4) is 0 Å². The van der Waals surface area contributed by atoms with Crippen LogP contribution in [0.25, 0.3) is 12.2 Å². The van der Waals surface area contributed by atoms with Crippen LogP contribution in [0.5, 0.6) is 0 Å². The number of nitro benzene ring substituents is 1. The number of nitrogens with zero attached hydrogens (tertiary/aromatic N) is 1. The minimum absolute atomic E-state index is 0.0121. The number of hydrogen-bond acceptors (Lipinski definition) is 3. The molecule has 1 aromatic carbocycles. The van der Waals surface area contributed by atoms with E-state index in [-0.39, 0.29) is 11.5 Å². The molecule has 64 valence electrons. The van der Waals surface area contributed by atoms with Gasteiger partial charge in [-0.2, -0.15) is 0 Å². The van der Waals surface area contributed by atoms with Crippen LogP contribution in [0.2, 0.25) is 0 Å². The van der Waals surface area contributed by atoms with Gasteiger partial charge in [0.25, 0.3) is 5.69 Å². The lowest BCUT2D eigenvalue weighted by atomic mass is 10.2. The summed E-state index contributed by atoms with van der Waals surface area (Å²) in [4.78, 5) is 20.8. The zero-order valence-electron chi connectivity index (χ0n) is 6.56. The van der Waals surface area contributed by atoms with Gasteiger partial charge in [-0.25, -0.2) is 0 Å². The number of ketones is 1. The molecule has 1 aromatic rings. The van der Waals surface area contributed by atoms with E-state index in [1.807, 2.05) is 0 Å². The second kappa shape index (κ2) is 2.52. The lowest BCUT2D eigenvalue weighted by Gasteiger charge is -1.88. The number of carbonyl (C=O) groups excluding carboxylic acids is 1. The van der Waals surface area contributed by atoms with Crippen molar-refractivity contribution in [3.05, 3.63) is 38.8 Å². The van der Waals surface area contributed by atoms with Gasteiger partial charge < -0.3 is 0 Å². The van der Waals surface area contributed by atoms with E-state index < -0.39 is 4.92 Å². The first-order chi connectivity index (χ1) is 6.16. The monoisotopic (exact) mass is 175 g/mol. The Balaban J connectivity index is 2.73. The maximum absolute atomic E-state index is 10.9. The molecular weight excluding hydrogens is 170 g/mol. The predicted octanol–water partition coefficient (Wildman–Crippen LogP) is -0.262. The molecule has 0 spiro atoms. The summed E-state index contributed by atoms with van der Waals surface area (Å²) in [6.07, 6.45) is 2.85. The summed E-state index contributed by atoms with van der Waals surface area (Å²) in [7, 11) is 0. The summed E-state index contributed by atoms with van der Waals surface area (Å²) < 4.78 is 0. The Labute approximate surface area is 73.0 Å². The molecule has 1 aliphatic rings. The summed E-state index contributed by atoms with van der Waals surface area (Å²) in [6.45, 7) is 0. The summed E-state index contributed by atoms with van der Waals surface area (Å²) in [5.41, 5.74) is 0.0121. The van der Waals surface area contributed by atoms with E-state index in [0.717, 1.165) is 5.22 Å². The van der Waals surface area contributed by atoms with Crippen molar-refractivity contribution in [3.8, 4) is 0 Å². The average Bonchev–Trinajstić information content (AvgIpc) is 2.42. The van der Waals surface area contributed by atoms with E-state index >= 15 is 0 Å². The predicted molar refractivity (Wildman–Crippen MR) is 46.3 cm³/mol. The summed E-state index contributed by atoms with van der Waals surface area (Å²) in [5, 5.41) is 11.7. The number of hydrogen-bond donors (Lipinski definition) is 0. The van der Waals surface area contributed by atoms with Gasteiger partial charge in [0.15, 0.2) is 5.78 Å². The van der Waals surface area contributed by atoms with Crippen LogP contribution in [0.15, 0.2) is 18.2 Å². The van der Waals surface area contributed by atoms with Gasteiger partial charge >= 0.3 is 0 Å². The number of rotatable bonds is 1. The van der Waals surface area contributed by atoms with Crippen LogP contribution in [0, 0.1) is 10.1 Å². The SMILES string of the molecule is O=C1C=c2ccc([N+](=O)[O-])cc2=C1. The van der Waals surface area contributed by atoms with Crippen LogP contribution < -0.4 is 10.4 Å². The normalized spacial score (nSPS) is 13.1. The fourth-order valence-corrected chi connectivity index (χ4v) is 1.28. The van der Waals surface area contributed by atoms with Gasteiger partial charge in [0.05, 0.1) is 4.92 Å². The highest BCUT2D eigenvalue weighted by Crippen LogP contribution is 2.04. The Morgan fingerprint density at radius 2 is 1.85 bits per heavy atom. The van der Waals surface area contributed by atoms with Crippen molar-refractivity contribution in [1.82, 2.24) is 0 Å². The van der Waals surface area contributed by atoms with E-state index in [1.165, 1.54) is 24.3 Å². The van der Waals surface area contributed by atoms with Crippen LogP contribution >= 0.6 is 0 Å². The molecule has 4 heteroatoms. The Kier molecular flexibility index (Phi) is 1.48. The highest BCUT2D eigenvalue weighted by molar-refractivity contribution is 6.26. The van der Waals surface area contributed by atoms with Crippen molar-refractivity contribution in [3.63, 3.8) is 0 Å². The third-order valence-electron chi connectivity index (χ3n) is 1.88. The molecule has 0 atom stereocenters. The van der Waals surface area contributed by atoms with Crippen LogP contribution in [0.4, 0.5) is 5.69 Å². The first-order valence-electron chi connectivity index (χ1n) is 3.69. The molecule has 0 amide bonds. The van der Waals surface area contributed by atoms with Gasteiger partial charge in [0.2, 0.25) is 0 Å². The third kappa shape index (κ3) is 1.22. The highest BCUT2D eigenvalue weighted by Gasteiger charge is 2.07. The Morgan fingerprint density at radius 3 is 2.54 bits per heavy atom.